The summed E-state index contributed by atoms with van der Waals surface area (Å²) >= 11 is 0. The summed E-state index contributed by atoms with van der Waals surface area (Å²) in [5.41, 5.74) is 7.91. The number of benzene rings is 1. The van der Waals surface area contributed by atoms with E-state index in [9.17, 15) is 0 Å². The minimum absolute atomic E-state index is 0.510. The standard InChI is InChI=1S/C16H20N2O/c1-3-12(2)14-5-7-15(8-6-14)19-11-13-4-9-16(17)18-10-13/h4-10,12H,3,11H2,1-2H3,(H2,17,18). The lowest BCUT2D eigenvalue weighted by molar-refractivity contribution is 0.305. The van der Waals surface area contributed by atoms with Crippen molar-refractivity contribution in [3.63, 3.8) is 0 Å². The van der Waals surface area contributed by atoms with Gasteiger partial charge in [-0.1, -0.05) is 32.0 Å². The fourth-order valence-electron chi connectivity index (χ4n) is 1.82. The van der Waals surface area contributed by atoms with Gasteiger partial charge in [-0.15, -0.1) is 0 Å². The van der Waals surface area contributed by atoms with Gasteiger partial charge < -0.3 is 10.5 Å². The van der Waals surface area contributed by atoms with Crippen molar-refractivity contribution < 1.29 is 4.74 Å². The predicted molar refractivity (Wildman–Crippen MR) is 78.1 cm³/mol. The van der Waals surface area contributed by atoms with Gasteiger partial charge in [-0.3, -0.25) is 0 Å². The zero-order valence-electron chi connectivity index (χ0n) is 11.5. The van der Waals surface area contributed by atoms with Gasteiger partial charge in [-0.05, 0) is 36.1 Å². The number of nitrogens with zero attached hydrogens (tertiary/aromatic N) is 1. The van der Waals surface area contributed by atoms with Gasteiger partial charge in [-0.2, -0.15) is 0 Å². The Hall–Kier alpha value is -2.03. The minimum Gasteiger partial charge on any atom is -0.489 e. The first-order valence-corrected chi connectivity index (χ1v) is 6.62. The molecule has 2 rings (SSSR count). The third-order valence-electron chi connectivity index (χ3n) is 3.31. The second-order valence-electron chi connectivity index (χ2n) is 4.76. The van der Waals surface area contributed by atoms with Gasteiger partial charge in [-0.25, -0.2) is 4.98 Å². The Kier molecular flexibility index (Phi) is 4.39. The van der Waals surface area contributed by atoms with Crippen LogP contribution < -0.4 is 10.5 Å². The third kappa shape index (κ3) is 3.71. The summed E-state index contributed by atoms with van der Waals surface area (Å²) in [6.45, 7) is 4.94. The molecule has 1 aromatic carbocycles. The molecule has 100 valence electrons. The minimum atomic E-state index is 0.510. The first-order valence-electron chi connectivity index (χ1n) is 6.62. The van der Waals surface area contributed by atoms with E-state index in [0.29, 0.717) is 18.3 Å². The van der Waals surface area contributed by atoms with Crippen molar-refractivity contribution in [3.05, 3.63) is 53.7 Å². The molecule has 2 N–H and O–H groups in total. The Bertz CT molecular complexity index is 505. The van der Waals surface area contributed by atoms with Crippen molar-refractivity contribution in [2.45, 2.75) is 32.8 Å². The van der Waals surface area contributed by atoms with E-state index in [1.165, 1.54) is 5.56 Å². The van der Waals surface area contributed by atoms with E-state index in [0.717, 1.165) is 17.7 Å². The highest BCUT2D eigenvalue weighted by molar-refractivity contribution is 5.31. The number of ether oxygens (including phenoxy) is 1. The Morgan fingerprint density at radius 2 is 1.89 bits per heavy atom. The van der Waals surface area contributed by atoms with E-state index in [1.807, 2.05) is 18.2 Å². The number of hydrogen-bond acceptors (Lipinski definition) is 3. The van der Waals surface area contributed by atoms with Crippen LogP contribution in [0.1, 0.15) is 37.3 Å². The molecule has 0 radical (unpaired) electrons. The van der Waals surface area contributed by atoms with Crippen LogP contribution in [0.5, 0.6) is 5.75 Å². The van der Waals surface area contributed by atoms with E-state index in [-0.39, 0.29) is 0 Å². The van der Waals surface area contributed by atoms with Crippen molar-refractivity contribution in [2.24, 2.45) is 0 Å². The van der Waals surface area contributed by atoms with Crippen LogP contribution in [0.15, 0.2) is 42.6 Å². The molecule has 3 heteroatoms. The molecule has 0 aliphatic carbocycles. The SMILES string of the molecule is CCC(C)c1ccc(OCc2ccc(N)nc2)cc1. The molecule has 1 heterocycles. The van der Waals surface area contributed by atoms with Gasteiger partial charge in [0, 0.05) is 11.8 Å². The van der Waals surface area contributed by atoms with Crippen LogP contribution in [-0.2, 0) is 6.61 Å². The Labute approximate surface area is 114 Å². The van der Waals surface area contributed by atoms with Crippen LogP contribution in [0.3, 0.4) is 0 Å². The maximum atomic E-state index is 5.72. The molecular weight excluding hydrogens is 236 g/mol. The number of anilines is 1. The molecule has 0 bridgehead atoms. The van der Waals surface area contributed by atoms with E-state index in [1.54, 1.807) is 12.3 Å². The number of pyridine rings is 1. The summed E-state index contributed by atoms with van der Waals surface area (Å²) in [5.74, 6) is 2.00. The second kappa shape index (κ2) is 6.23. The molecule has 1 aromatic heterocycles. The molecule has 19 heavy (non-hydrogen) atoms. The number of rotatable bonds is 5. The molecule has 0 spiro atoms. The second-order valence-corrected chi connectivity index (χ2v) is 4.76. The average Bonchev–Trinajstić information content (AvgIpc) is 2.46. The Balaban J connectivity index is 1.94. The summed E-state index contributed by atoms with van der Waals surface area (Å²) in [4.78, 5) is 4.04. The van der Waals surface area contributed by atoms with Crippen LogP contribution in [-0.4, -0.2) is 4.98 Å². The molecule has 0 saturated heterocycles. The highest BCUT2D eigenvalue weighted by Crippen LogP contribution is 2.22. The van der Waals surface area contributed by atoms with E-state index < -0.39 is 0 Å². The molecule has 0 aliphatic rings. The van der Waals surface area contributed by atoms with Gasteiger partial charge in [0.15, 0.2) is 0 Å². The number of nitrogen functional groups attached to an aromatic ring is 1. The van der Waals surface area contributed by atoms with Crippen LogP contribution in [0, 0.1) is 0 Å². The molecule has 2 aromatic rings. The molecular formula is C16H20N2O. The average molecular weight is 256 g/mol. The lowest BCUT2D eigenvalue weighted by Gasteiger charge is -2.10. The summed E-state index contributed by atoms with van der Waals surface area (Å²) < 4.78 is 5.72. The molecule has 1 atom stereocenters. The van der Waals surface area contributed by atoms with Gasteiger partial charge in [0.05, 0.1) is 0 Å². The van der Waals surface area contributed by atoms with Gasteiger partial charge in [0.1, 0.15) is 18.2 Å². The van der Waals surface area contributed by atoms with Gasteiger partial charge in [0.25, 0.3) is 0 Å². The largest absolute Gasteiger partial charge is 0.489 e. The zero-order valence-corrected chi connectivity index (χ0v) is 11.5. The molecule has 3 nitrogen and oxygen atoms in total. The Morgan fingerprint density at radius 3 is 2.47 bits per heavy atom. The maximum Gasteiger partial charge on any atom is 0.123 e. The van der Waals surface area contributed by atoms with Crippen molar-refractivity contribution >= 4 is 5.82 Å². The molecule has 0 amide bonds. The van der Waals surface area contributed by atoms with Crippen molar-refractivity contribution in [1.82, 2.24) is 4.98 Å². The quantitative estimate of drug-likeness (QED) is 0.886. The molecule has 0 fully saturated rings. The predicted octanol–water partition coefficient (Wildman–Crippen LogP) is 3.76. The summed E-state index contributed by atoms with van der Waals surface area (Å²) in [5, 5.41) is 0. The number of hydrogen-bond donors (Lipinski definition) is 1. The number of aromatic nitrogens is 1. The number of nitrogens with two attached hydrogens (primary N) is 1. The van der Waals surface area contributed by atoms with Crippen molar-refractivity contribution in [2.75, 3.05) is 5.73 Å². The van der Waals surface area contributed by atoms with E-state index in [2.05, 4.69) is 31.0 Å². The summed E-state index contributed by atoms with van der Waals surface area (Å²) in [7, 11) is 0. The third-order valence-corrected chi connectivity index (χ3v) is 3.31. The lowest BCUT2D eigenvalue weighted by atomic mass is 9.99. The monoisotopic (exact) mass is 256 g/mol. The van der Waals surface area contributed by atoms with E-state index >= 15 is 0 Å². The maximum absolute atomic E-state index is 5.72. The van der Waals surface area contributed by atoms with Crippen LogP contribution in [0.25, 0.3) is 0 Å². The highest BCUT2D eigenvalue weighted by Gasteiger charge is 2.03. The smallest absolute Gasteiger partial charge is 0.123 e. The normalized spacial score (nSPS) is 12.1. The highest BCUT2D eigenvalue weighted by atomic mass is 16.5. The first-order chi connectivity index (χ1) is 9.19. The van der Waals surface area contributed by atoms with Gasteiger partial charge in [0.2, 0.25) is 0 Å². The molecule has 0 aliphatic heterocycles. The van der Waals surface area contributed by atoms with Crippen LogP contribution in [0.2, 0.25) is 0 Å². The Morgan fingerprint density at radius 1 is 1.16 bits per heavy atom. The van der Waals surface area contributed by atoms with E-state index in [4.69, 9.17) is 10.5 Å². The molecule has 1 unspecified atom stereocenters. The molecule has 0 saturated carbocycles. The van der Waals surface area contributed by atoms with Crippen molar-refractivity contribution in [1.29, 1.82) is 0 Å². The fourth-order valence-corrected chi connectivity index (χ4v) is 1.82. The first kappa shape index (κ1) is 13.4. The van der Waals surface area contributed by atoms with Crippen LogP contribution >= 0.6 is 0 Å². The zero-order chi connectivity index (χ0) is 13.7. The summed E-state index contributed by atoms with van der Waals surface area (Å²) in [6, 6.07) is 12.0. The van der Waals surface area contributed by atoms with Crippen molar-refractivity contribution in [3.8, 4) is 5.75 Å². The van der Waals surface area contributed by atoms with Gasteiger partial charge >= 0.3 is 0 Å². The fraction of sp³-hybridized carbons (Fsp3) is 0.312. The summed E-state index contributed by atoms with van der Waals surface area (Å²) in [6.07, 6.45) is 2.89. The topological polar surface area (TPSA) is 48.1 Å². The lowest BCUT2D eigenvalue weighted by Crippen LogP contribution is -1.98. The van der Waals surface area contributed by atoms with Crippen LogP contribution in [0.4, 0.5) is 5.82 Å².